The molecule has 0 atom stereocenters. The van der Waals surface area contributed by atoms with Crippen LogP contribution in [0.25, 0.3) is 16.9 Å². The Kier molecular flexibility index (Phi) is 3.85. The molecule has 0 saturated heterocycles. The fourth-order valence-electron chi connectivity index (χ4n) is 2.36. The second-order valence-corrected chi connectivity index (χ2v) is 5.08. The Morgan fingerprint density at radius 1 is 0.960 bits per heavy atom. The summed E-state index contributed by atoms with van der Waals surface area (Å²) in [6.07, 6.45) is -9.54. The zero-order valence-electron chi connectivity index (χ0n) is 12.5. The van der Waals surface area contributed by atoms with E-state index in [2.05, 4.69) is 14.7 Å². The number of imidazole rings is 1. The molecule has 0 amide bonds. The minimum Gasteiger partial charge on any atom is -0.406 e. The molecule has 4 nitrogen and oxygen atoms in total. The van der Waals surface area contributed by atoms with E-state index in [1.165, 1.54) is 23.6 Å². The first-order valence-corrected chi connectivity index (χ1v) is 6.84. The summed E-state index contributed by atoms with van der Waals surface area (Å²) in [5.41, 5.74) is -0.901. The number of nitrogens with zero attached hydrogens (tertiary/aromatic N) is 3. The number of aromatic nitrogens is 3. The maximum absolute atomic E-state index is 12.9. The van der Waals surface area contributed by atoms with E-state index in [0.29, 0.717) is 0 Å². The lowest BCUT2D eigenvalue weighted by Crippen LogP contribution is -2.17. The van der Waals surface area contributed by atoms with Crippen molar-refractivity contribution in [3.8, 4) is 11.4 Å². The molecule has 0 aliphatic carbocycles. The minimum atomic E-state index is -4.88. The van der Waals surface area contributed by atoms with Crippen LogP contribution in [-0.4, -0.2) is 20.9 Å². The number of benzene rings is 1. The van der Waals surface area contributed by atoms with Crippen LogP contribution in [0.2, 0.25) is 0 Å². The third-order valence-electron chi connectivity index (χ3n) is 3.27. The van der Waals surface area contributed by atoms with Gasteiger partial charge in [-0.05, 0) is 31.2 Å². The molecule has 3 rings (SSSR count). The molecule has 0 aliphatic heterocycles. The van der Waals surface area contributed by atoms with Crippen molar-refractivity contribution in [2.24, 2.45) is 0 Å². The first kappa shape index (κ1) is 17.1. The highest BCUT2D eigenvalue weighted by Gasteiger charge is 2.33. The molecule has 0 aliphatic rings. The van der Waals surface area contributed by atoms with Gasteiger partial charge in [-0.1, -0.05) is 6.07 Å². The molecule has 1 aromatic carbocycles. The average Bonchev–Trinajstić information content (AvgIpc) is 2.79. The van der Waals surface area contributed by atoms with Gasteiger partial charge in [0.2, 0.25) is 0 Å². The van der Waals surface area contributed by atoms with Crippen LogP contribution in [0.3, 0.4) is 0 Å². The highest BCUT2D eigenvalue weighted by molar-refractivity contribution is 5.74. The largest absolute Gasteiger partial charge is 0.573 e. The Balaban J connectivity index is 2.15. The van der Waals surface area contributed by atoms with Gasteiger partial charge in [-0.25, -0.2) is 9.97 Å². The molecule has 3 aromatic rings. The van der Waals surface area contributed by atoms with Gasteiger partial charge in [0, 0.05) is 6.07 Å². The highest BCUT2D eigenvalue weighted by atomic mass is 19.4. The summed E-state index contributed by atoms with van der Waals surface area (Å²) in [6, 6.07) is 6.78. The molecule has 0 saturated carbocycles. The summed E-state index contributed by atoms with van der Waals surface area (Å²) in [7, 11) is 0. The van der Waals surface area contributed by atoms with Gasteiger partial charge < -0.3 is 4.74 Å². The summed E-state index contributed by atoms with van der Waals surface area (Å²) < 4.78 is 80.7. The molecular weight excluding hydrogens is 352 g/mol. The van der Waals surface area contributed by atoms with Crippen molar-refractivity contribution in [2.45, 2.75) is 19.5 Å². The van der Waals surface area contributed by atoms with E-state index in [1.807, 2.05) is 0 Å². The molecule has 25 heavy (non-hydrogen) atoms. The molecule has 2 aromatic heterocycles. The van der Waals surface area contributed by atoms with Crippen LogP contribution in [0.5, 0.6) is 5.75 Å². The Bertz CT molecular complexity index is 929. The van der Waals surface area contributed by atoms with Crippen molar-refractivity contribution in [1.29, 1.82) is 0 Å². The average molecular weight is 361 g/mol. The number of fused-ring (bicyclic) bond motifs is 1. The van der Waals surface area contributed by atoms with Crippen LogP contribution >= 0.6 is 0 Å². The SMILES string of the molecule is Cc1nc2ccc(C(F)(F)F)nc2n1-c1cccc(OC(F)(F)F)c1. The van der Waals surface area contributed by atoms with Crippen molar-refractivity contribution in [3.63, 3.8) is 0 Å². The van der Waals surface area contributed by atoms with Crippen molar-refractivity contribution < 1.29 is 31.1 Å². The van der Waals surface area contributed by atoms with E-state index in [9.17, 15) is 26.3 Å². The number of halogens is 6. The van der Waals surface area contributed by atoms with Gasteiger partial charge in [0.1, 0.15) is 22.8 Å². The molecule has 0 N–H and O–H groups in total. The standard InChI is InChI=1S/C15H9F6N3O/c1-8-22-11-5-6-12(14(16,17)18)23-13(11)24(8)9-3-2-4-10(7-9)25-15(19,20)21/h2-7H,1H3. The molecule has 0 radical (unpaired) electrons. The van der Waals surface area contributed by atoms with Crippen LogP contribution in [0.1, 0.15) is 11.5 Å². The first-order valence-electron chi connectivity index (χ1n) is 6.84. The number of alkyl halides is 6. The van der Waals surface area contributed by atoms with Crippen LogP contribution in [-0.2, 0) is 6.18 Å². The third-order valence-corrected chi connectivity index (χ3v) is 3.27. The van der Waals surface area contributed by atoms with Gasteiger partial charge in [0.25, 0.3) is 0 Å². The van der Waals surface area contributed by atoms with Gasteiger partial charge >= 0.3 is 12.5 Å². The molecule has 0 fully saturated rings. The second-order valence-electron chi connectivity index (χ2n) is 5.08. The van der Waals surface area contributed by atoms with Crippen molar-refractivity contribution >= 4 is 11.2 Å². The number of aryl methyl sites for hydroxylation is 1. The zero-order chi connectivity index (χ0) is 18.4. The fourth-order valence-corrected chi connectivity index (χ4v) is 2.36. The third kappa shape index (κ3) is 3.52. The van der Waals surface area contributed by atoms with E-state index in [-0.39, 0.29) is 22.7 Å². The number of hydrogen-bond donors (Lipinski definition) is 0. The quantitative estimate of drug-likeness (QED) is 0.624. The summed E-state index contributed by atoms with van der Waals surface area (Å²) >= 11 is 0. The van der Waals surface area contributed by atoms with Gasteiger partial charge in [-0.2, -0.15) is 13.2 Å². The summed E-state index contributed by atoms with van der Waals surface area (Å²) in [5, 5.41) is 0. The minimum absolute atomic E-state index is 0.114. The van der Waals surface area contributed by atoms with Crippen LogP contribution in [0.15, 0.2) is 36.4 Å². The number of hydrogen-bond acceptors (Lipinski definition) is 3. The zero-order valence-corrected chi connectivity index (χ0v) is 12.5. The van der Waals surface area contributed by atoms with E-state index in [0.717, 1.165) is 24.3 Å². The summed E-state index contributed by atoms with van der Waals surface area (Å²) in [5.74, 6) is -0.232. The van der Waals surface area contributed by atoms with Crippen molar-refractivity contribution in [2.75, 3.05) is 0 Å². The normalized spacial score (nSPS) is 12.6. The Hall–Kier alpha value is -2.78. The predicted octanol–water partition coefficient (Wildman–Crippen LogP) is 4.65. The topological polar surface area (TPSA) is 39.9 Å². The van der Waals surface area contributed by atoms with Gasteiger partial charge in [0.05, 0.1) is 5.69 Å². The Morgan fingerprint density at radius 3 is 2.32 bits per heavy atom. The second kappa shape index (κ2) is 5.64. The van der Waals surface area contributed by atoms with Gasteiger partial charge in [0.15, 0.2) is 5.65 Å². The van der Waals surface area contributed by atoms with E-state index < -0.39 is 24.0 Å². The van der Waals surface area contributed by atoms with Crippen molar-refractivity contribution in [3.05, 3.63) is 47.9 Å². The van der Waals surface area contributed by atoms with Crippen LogP contribution in [0.4, 0.5) is 26.3 Å². The molecule has 132 valence electrons. The van der Waals surface area contributed by atoms with E-state index in [1.54, 1.807) is 0 Å². The molecule has 0 bridgehead atoms. The maximum Gasteiger partial charge on any atom is 0.573 e. The lowest BCUT2D eigenvalue weighted by atomic mass is 10.3. The van der Waals surface area contributed by atoms with Crippen LogP contribution < -0.4 is 4.74 Å². The molecular formula is C15H9F6N3O. The van der Waals surface area contributed by atoms with E-state index >= 15 is 0 Å². The predicted molar refractivity (Wildman–Crippen MR) is 75.3 cm³/mol. The van der Waals surface area contributed by atoms with Crippen molar-refractivity contribution in [1.82, 2.24) is 14.5 Å². The summed E-state index contributed by atoms with van der Waals surface area (Å²) in [4.78, 5) is 7.65. The number of pyridine rings is 1. The highest BCUT2D eigenvalue weighted by Crippen LogP contribution is 2.31. The fraction of sp³-hybridized carbons (Fsp3) is 0.200. The Labute approximate surface area is 136 Å². The first-order chi connectivity index (χ1) is 11.5. The lowest BCUT2D eigenvalue weighted by Gasteiger charge is -2.12. The molecule has 0 spiro atoms. The lowest BCUT2D eigenvalue weighted by molar-refractivity contribution is -0.274. The molecule has 2 heterocycles. The van der Waals surface area contributed by atoms with Crippen LogP contribution in [0, 0.1) is 6.92 Å². The van der Waals surface area contributed by atoms with E-state index in [4.69, 9.17) is 0 Å². The Morgan fingerprint density at radius 2 is 1.68 bits per heavy atom. The maximum atomic E-state index is 12.9. The molecule has 10 heteroatoms. The number of rotatable bonds is 2. The smallest absolute Gasteiger partial charge is 0.406 e. The number of ether oxygens (including phenoxy) is 1. The monoisotopic (exact) mass is 361 g/mol. The summed E-state index contributed by atoms with van der Waals surface area (Å²) in [6.45, 7) is 1.51. The van der Waals surface area contributed by atoms with Gasteiger partial charge in [-0.3, -0.25) is 4.57 Å². The molecule has 0 unspecified atom stereocenters. The van der Waals surface area contributed by atoms with Gasteiger partial charge in [-0.15, -0.1) is 13.2 Å².